The number of nitro benzene ring substituents is 1. The Kier molecular flexibility index (Phi) is 9.81. The van der Waals surface area contributed by atoms with Gasteiger partial charge in [0.2, 0.25) is 5.88 Å². The molecule has 1 aliphatic heterocycles. The van der Waals surface area contributed by atoms with E-state index in [0.717, 1.165) is 5.56 Å². The predicted octanol–water partition coefficient (Wildman–Crippen LogP) is 7.08. The zero-order valence-electron chi connectivity index (χ0n) is 24.2. The Balaban J connectivity index is 1.37. The first-order valence-electron chi connectivity index (χ1n) is 13.8. The maximum atomic E-state index is 12.5. The lowest BCUT2D eigenvalue weighted by atomic mass is 9.83. The van der Waals surface area contributed by atoms with Crippen molar-refractivity contribution in [3.05, 3.63) is 127 Å². The van der Waals surface area contributed by atoms with E-state index in [1.54, 1.807) is 48.5 Å². The first-order chi connectivity index (χ1) is 22.2. The molecule has 5 rings (SSSR count). The molecular formula is C33H25Cl2N3O8. The highest BCUT2D eigenvalue weighted by Crippen LogP contribution is 2.45. The fraction of sp³-hybridized carbons (Fsp3) is 0.152. The van der Waals surface area contributed by atoms with Crippen LogP contribution in [-0.4, -0.2) is 24.1 Å². The lowest BCUT2D eigenvalue weighted by Gasteiger charge is -2.27. The van der Waals surface area contributed by atoms with E-state index in [1.807, 2.05) is 6.92 Å². The molecule has 0 fully saturated rings. The molecule has 2 N–H and O–H groups in total. The van der Waals surface area contributed by atoms with Gasteiger partial charge in [-0.15, -0.1) is 0 Å². The number of para-hydroxylation sites is 2. The van der Waals surface area contributed by atoms with E-state index in [1.165, 1.54) is 30.3 Å². The predicted molar refractivity (Wildman–Crippen MR) is 168 cm³/mol. The normalized spacial score (nSPS) is 13.6. The van der Waals surface area contributed by atoms with Crippen LogP contribution in [0, 0.1) is 21.4 Å². The Morgan fingerprint density at radius 3 is 2.54 bits per heavy atom. The third-order valence-electron chi connectivity index (χ3n) is 6.83. The third-order valence-corrected chi connectivity index (χ3v) is 7.42. The molecular weight excluding hydrogens is 637 g/mol. The molecule has 13 heteroatoms. The van der Waals surface area contributed by atoms with E-state index >= 15 is 0 Å². The molecule has 4 aromatic rings. The van der Waals surface area contributed by atoms with Gasteiger partial charge in [-0.25, -0.2) is 4.79 Å². The summed E-state index contributed by atoms with van der Waals surface area (Å²) < 4.78 is 28.4. The van der Waals surface area contributed by atoms with Crippen LogP contribution in [-0.2, 0) is 11.4 Å². The number of hydrogen-bond donors (Lipinski definition) is 1. The van der Waals surface area contributed by atoms with Gasteiger partial charge in [-0.2, -0.15) is 5.26 Å². The van der Waals surface area contributed by atoms with Crippen molar-refractivity contribution in [2.24, 2.45) is 5.73 Å². The molecule has 4 aromatic carbocycles. The summed E-state index contributed by atoms with van der Waals surface area (Å²) in [5.41, 5.74) is 8.07. The number of carbonyl (C=O) groups is 1. The summed E-state index contributed by atoms with van der Waals surface area (Å²) in [6, 6.07) is 22.9. The molecule has 0 saturated carbocycles. The first-order valence-corrected chi connectivity index (χ1v) is 14.6. The summed E-state index contributed by atoms with van der Waals surface area (Å²) in [4.78, 5) is 23.1. The van der Waals surface area contributed by atoms with Crippen molar-refractivity contribution in [2.45, 2.75) is 19.4 Å². The van der Waals surface area contributed by atoms with E-state index in [-0.39, 0.29) is 41.0 Å². The molecule has 11 nitrogen and oxygen atoms in total. The van der Waals surface area contributed by atoms with Gasteiger partial charge >= 0.3 is 11.7 Å². The van der Waals surface area contributed by atoms with Crippen LogP contribution in [0.3, 0.4) is 0 Å². The summed E-state index contributed by atoms with van der Waals surface area (Å²) >= 11 is 12.3. The van der Waals surface area contributed by atoms with Crippen molar-refractivity contribution < 1.29 is 33.4 Å². The standard InChI is InChI=1S/C33H25Cl2N3O8/c1-2-42-30-13-19(8-12-28(30)43-17-20-7-9-21(34)14-25(20)35)32-23-11-10-22(15-29(23)46-33(37)24(32)16-36)45-31(39)18-44-27-6-4-3-5-26(27)38(40)41/h3-15,32H,2,17-18,37H2,1H3. The molecule has 0 spiro atoms. The van der Waals surface area contributed by atoms with Crippen molar-refractivity contribution in [2.75, 3.05) is 13.2 Å². The lowest BCUT2D eigenvalue weighted by Crippen LogP contribution is -2.22. The number of carbonyl (C=O) groups excluding carboxylic acids is 1. The Morgan fingerprint density at radius 1 is 1.00 bits per heavy atom. The van der Waals surface area contributed by atoms with Crippen LogP contribution >= 0.6 is 23.2 Å². The Morgan fingerprint density at radius 2 is 1.80 bits per heavy atom. The minimum absolute atomic E-state index is 0.0698. The number of nitrogens with two attached hydrogens (primary N) is 1. The maximum absolute atomic E-state index is 12.5. The van der Waals surface area contributed by atoms with Crippen molar-refractivity contribution in [1.82, 2.24) is 0 Å². The van der Waals surface area contributed by atoms with E-state index < -0.39 is 23.4 Å². The van der Waals surface area contributed by atoms with E-state index in [0.29, 0.717) is 39.3 Å². The Bertz CT molecular complexity index is 1890. The smallest absolute Gasteiger partial charge is 0.349 e. The summed E-state index contributed by atoms with van der Waals surface area (Å²) in [7, 11) is 0. The number of esters is 1. The van der Waals surface area contributed by atoms with Crippen LogP contribution in [0.1, 0.15) is 29.5 Å². The van der Waals surface area contributed by atoms with Crippen LogP contribution in [0.4, 0.5) is 5.69 Å². The van der Waals surface area contributed by atoms with Gasteiger partial charge in [0.1, 0.15) is 29.7 Å². The Hall–Kier alpha value is -5.44. The zero-order valence-corrected chi connectivity index (χ0v) is 25.7. The molecule has 234 valence electrons. The molecule has 0 saturated heterocycles. The maximum Gasteiger partial charge on any atom is 0.349 e. The van der Waals surface area contributed by atoms with Crippen LogP contribution in [0.5, 0.6) is 28.7 Å². The number of fused-ring (bicyclic) bond motifs is 1. The Labute approximate surface area is 273 Å². The second kappa shape index (κ2) is 14.1. The van der Waals surface area contributed by atoms with E-state index in [9.17, 15) is 20.2 Å². The molecule has 1 aliphatic rings. The first kappa shape index (κ1) is 32.0. The van der Waals surface area contributed by atoms with Crippen molar-refractivity contribution >= 4 is 34.9 Å². The molecule has 0 bridgehead atoms. The summed E-state index contributed by atoms with van der Waals surface area (Å²) in [5, 5.41) is 22.2. The molecule has 0 aromatic heterocycles. The monoisotopic (exact) mass is 661 g/mol. The lowest BCUT2D eigenvalue weighted by molar-refractivity contribution is -0.385. The highest BCUT2D eigenvalue weighted by molar-refractivity contribution is 6.35. The molecule has 1 atom stereocenters. The quantitative estimate of drug-likeness (QED) is 0.0762. The fourth-order valence-corrected chi connectivity index (χ4v) is 5.22. The minimum atomic E-state index is -0.802. The number of halogens is 2. The number of hydrogen-bond acceptors (Lipinski definition) is 10. The molecule has 1 heterocycles. The number of nitro groups is 1. The number of benzene rings is 4. The molecule has 0 radical (unpaired) electrons. The summed E-state index contributed by atoms with van der Waals surface area (Å²) in [5.74, 6) is -0.340. The molecule has 0 aliphatic carbocycles. The van der Waals surface area contributed by atoms with Gasteiger partial charge in [-0.1, -0.05) is 53.5 Å². The van der Waals surface area contributed by atoms with Gasteiger partial charge in [0.15, 0.2) is 23.9 Å². The van der Waals surface area contributed by atoms with E-state index in [4.69, 9.17) is 52.6 Å². The van der Waals surface area contributed by atoms with Gasteiger partial charge in [0, 0.05) is 33.3 Å². The largest absolute Gasteiger partial charge is 0.490 e. The van der Waals surface area contributed by atoms with Crippen molar-refractivity contribution in [3.8, 4) is 34.8 Å². The second-order valence-corrected chi connectivity index (χ2v) is 10.6. The van der Waals surface area contributed by atoms with Crippen LogP contribution in [0.15, 0.2) is 90.3 Å². The number of nitriles is 1. The van der Waals surface area contributed by atoms with Gasteiger partial charge < -0.3 is 29.4 Å². The highest BCUT2D eigenvalue weighted by Gasteiger charge is 2.32. The highest BCUT2D eigenvalue weighted by atomic mass is 35.5. The molecule has 46 heavy (non-hydrogen) atoms. The number of allylic oxidation sites excluding steroid dienone is 1. The summed E-state index contributed by atoms with van der Waals surface area (Å²) in [6.45, 7) is 1.78. The van der Waals surface area contributed by atoms with Crippen LogP contribution in [0.25, 0.3) is 0 Å². The van der Waals surface area contributed by atoms with Crippen LogP contribution < -0.4 is 29.4 Å². The number of rotatable bonds is 11. The minimum Gasteiger partial charge on any atom is -0.490 e. The van der Waals surface area contributed by atoms with Crippen molar-refractivity contribution in [3.63, 3.8) is 0 Å². The van der Waals surface area contributed by atoms with Gasteiger partial charge in [-0.3, -0.25) is 10.1 Å². The number of ether oxygens (including phenoxy) is 5. The molecule has 0 amide bonds. The van der Waals surface area contributed by atoms with Gasteiger partial charge in [0.25, 0.3) is 0 Å². The number of nitrogens with zero attached hydrogens (tertiary/aromatic N) is 2. The average Bonchev–Trinajstić information content (AvgIpc) is 3.03. The SMILES string of the molecule is CCOc1cc(C2C(C#N)=C(N)Oc3cc(OC(=O)COc4ccccc4[N+](=O)[O-])ccc32)ccc1OCc1ccc(Cl)cc1Cl. The van der Waals surface area contributed by atoms with Gasteiger partial charge in [-0.05, 0) is 48.9 Å². The zero-order chi connectivity index (χ0) is 32.8. The fourth-order valence-electron chi connectivity index (χ4n) is 4.76. The molecule has 1 unspecified atom stereocenters. The topological polar surface area (TPSA) is 156 Å². The third kappa shape index (κ3) is 7.10. The van der Waals surface area contributed by atoms with Crippen molar-refractivity contribution in [1.29, 1.82) is 5.26 Å². The summed E-state index contributed by atoms with van der Waals surface area (Å²) in [6.07, 6.45) is 0. The van der Waals surface area contributed by atoms with Gasteiger partial charge in [0.05, 0.1) is 17.4 Å². The average molecular weight is 662 g/mol. The van der Waals surface area contributed by atoms with Crippen LogP contribution in [0.2, 0.25) is 10.0 Å². The second-order valence-electron chi connectivity index (χ2n) is 9.78. The van der Waals surface area contributed by atoms with E-state index in [2.05, 4.69) is 6.07 Å².